The van der Waals surface area contributed by atoms with Gasteiger partial charge < -0.3 is 37.3 Å². The predicted octanol–water partition coefficient (Wildman–Crippen LogP) is 4.62. The number of rotatable bonds is 9. The third-order valence-electron chi connectivity index (χ3n) is 9.06. The van der Waals surface area contributed by atoms with E-state index in [0.717, 1.165) is 26.9 Å². The molecule has 2 heterocycles. The average Bonchev–Trinajstić information content (AvgIpc) is 3.52. The van der Waals surface area contributed by atoms with Crippen LogP contribution in [0.5, 0.6) is 0 Å². The first-order valence-electron chi connectivity index (χ1n) is 17.0. The number of unbranched alkanes of at least 4 members (excludes halogenated alkanes) is 1. The molecule has 0 spiro atoms. The molecule has 13 heteroatoms. The van der Waals surface area contributed by atoms with Crippen LogP contribution in [0, 0.1) is 5.82 Å². The van der Waals surface area contributed by atoms with Gasteiger partial charge in [-0.1, -0.05) is 53.7 Å². The molecule has 0 bridgehead atoms. The van der Waals surface area contributed by atoms with E-state index < -0.39 is 23.9 Å². The molecule has 3 aromatic carbocycles. The number of H-pyrrole nitrogens is 1. The minimum absolute atomic E-state index is 0.140. The van der Waals surface area contributed by atoms with Crippen LogP contribution in [-0.4, -0.2) is 65.9 Å². The van der Waals surface area contributed by atoms with Gasteiger partial charge in [0.25, 0.3) is 0 Å². The fourth-order valence-corrected chi connectivity index (χ4v) is 7.58. The van der Waals surface area contributed by atoms with Gasteiger partial charge in [0.15, 0.2) is 0 Å². The first-order chi connectivity index (χ1) is 24.2. The summed E-state index contributed by atoms with van der Waals surface area (Å²) in [6.45, 7) is 1.13. The van der Waals surface area contributed by atoms with Gasteiger partial charge >= 0.3 is 0 Å². The van der Waals surface area contributed by atoms with E-state index in [-0.39, 0.29) is 37.2 Å². The molecule has 8 N–H and O–H groups in total. The maximum absolute atomic E-state index is 14.6. The quantitative estimate of drug-likeness (QED) is 0.138. The number of hydrogen-bond acceptors (Lipinski definition) is 7. The summed E-state index contributed by atoms with van der Waals surface area (Å²) < 4.78 is 14.6. The number of nitrogens with two attached hydrogens (primary N) is 2. The third kappa shape index (κ3) is 9.23. The number of hydrogen-bond donors (Lipinski definition) is 6. The molecule has 0 unspecified atom stereocenters. The lowest BCUT2D eigenvalue weighted by Crippen LogP contribution is -2.57. The summed E-state index contributed by atoms with van der Waals surface area (Å²) in [5, 5.41) is 10.8. The lowest BCUT2D eigenvalue weighted by molar-refractivity contribution is -0.142. The highest BCUT2D eigenvalue weighted by Gasteiger charge is 2.34. The predicted molar refractivity (Wildman–Crippen MR) is 196 cm³/mol. The second kappa shape index (κ2) is 17.8. The van der Waals surface area contributed by atoms with Crippen LogP contribution in [0.3, 0.4) is 0 Å². The van der Waals surface area contributed by atoms with Crippen molar-refractivity contribution in [3.8, 4) is 0 Å². The van der Waals surface area contributed by atoms with Crippen molar-refractivity contribution >= 4 is 52.0 Å². The Morgan fingerprint density at radius 1 is 0.900 bits per heavy atom. The molecule has 1 aliphatic rings. The van der Waals surface area contributed by atoms with Gasteiger partial charge in [-0.25, -0.2) is 4.39 Å². The van der Waals surface area contributed by atoms with Gasteiger partial charge in [0.1, 0.15) is 17.9 Å². The van der Waals surface area contributed by atoms with Crippen molar-refractivity contribution < 1.29 is 18.8 Å². The third-order valence-corrected chi connectivity index (χ3v) is 10.8. The van der Waals surface area contributed by atoms with Gasteiger partial charge in [-0.2, -0.15) is 0 Å². The van der Waals surface area contributed by atoms with Gasteiger partial charge in [-0.15, -0.1) is 0 Å². The SMILES string of the molecule is CN1C(=O)[C@H](CCCCN)NC(=O)[C@H](CCCN)NCc2cc(F)ccc2Sc2c(Cl)cccc2CNC(=O)[C@@H]1Cc1c[nH]c2ccccc12. The number of carbonyl (C=O) groups excluding carboxylic acids is 3. The van der Waals surface area contributed by atoms with Crippen molar-refractivity contribution in [1.82, 2.24) is 25.8 Å². The van der Waals surface area contributed by atoms with Crippen LogP contribution in [0.1, 0.15) is 48.8 Å². The van der Waals surface area contributed by atoms with Gasteiger partial charge in [0, 0.05) is 53.4 Å². The molecule has 1 aromatic heterocycles. The van der Waals surface area contributed by atoms with E-state index >= 15 is 0 Å². The maximum Gasteiger partial charge on any atom is 0.245 e. The Morgan fingerprint density at radius 2 is 1.68 bits per heavy atom. The number of carbonyl (C=O) groups is 3. The zero-order valence-corrected chi connectivity index (χ0v) is 29.7. The summed E-state index contributed by atoms with van der Waals surface area (Å²) in [5.74, 6) is -1.53. The van der Waals surface area contributed by atoms with E-state index in [1.165, 1.54) is 28.8 Å². The second-order valence-electron chi connectivity index (χ2n) is 12.5. The van der Waals surface area contributed by atoms with Crippen molar-refractivity contribution in [2.75, 3.05) is 20.1 Å². The van der Waals surface area contributed by atoms with E-state index in [9.17, 15) is 18.8 Å². The Labute approximate surface area is 301 Å². The summed E-state index contributed by atoms with van der Waals surface area (Å²) in [7, 11) is 1.60. The molecule has 10 nitrogen and oxygen atoms in total. The van der Waals surface area contributed by atoms with E-state index in [0.29, 0.717) is 60.7 Å². The molecule has 3 amide bonds. The number of nitrogens with one attached hydrogen (secondary N) is 4. The normalized spacial score (nSPS) is 19.4. The molecule has 3 atom stereocenters. The largest absolute Gasteiger partial charge is 0.361 e. The molecule has 0 saturated heterocycles. The monoisotopic (exact) mass is 721 g/mol. The fourth-order valence-electron chi connectivity index (χ4n) is 6.22. The van der Waals surface area contributed by atoms with Crippen molar-refractivity contribution in [3.05, 3.63) is 94.4 Å². The molecule has 4 aromatic rings. The Bertz CT molecular complexity index is 1800. The highest BCUT2D eigenvalue weighted by molar-refractivity contribution is 7.99. The van der Waals surface area contributed by atoms with E-state index in [2.05, 4.69) is 20.9 Å². The lowest BCUT2D eigenvalue weighted by Gasteiger charge is -2.32. The number of halogens is 2. The van der Waals surface area contributed by atoms with Gasteiger partial charge in [-0.3, -0.25) is 14.4 Å². The molecule has 0 saturated carbocycles. The van der Waals surface area contributed by atoms with Crippen LogP contribution in [0.2, 0.25) is 5.02 Å². The number of aromatic nitrogens is 1. The number of amides is 3. The number of likely N-dealkylation sites (N-methyl/N-ethyl adjacent to an activating group) is 1. The lowest BCUT2D eigenvalue weighted by atomic mass is 10.0. The first-order valence-corrected chi connectivity index (χ1v) is 18.2. The van der Waals surface area contributed by atoms with E-state index in [1.807, 2.05) is 42.6 Å². The summed E-state index contributed by atoms with van der Waals surface area (Å²) in [6, 6.07) is 15.2. The molecular weight excluding hydrogens is 677 g/mol. The van der Waals surface area contributed by atoms with E-state index in [4.69, 9.17) is 23.1 Å². The van der Waals surface area contributed by atoms with Crippen LogP contribution < -0.4 is 27.4 Å². The van der Waals surface area contributed by atoms with Gasteiger partial charge in [0.2, 0.25) is 17.7 Å². The van der Waals surface area contributed by atoms with E-state index in [1.54, 1.807) is 19.2 Å². The molecular formula is C37H45ClFN7O3S. The Balaban J connectivity index is 1.57. The molecule has 0 aliphatic carbocycles. The number of benzene rings is 3. The maximum atomic E-state index is 14.6. The number of fused-ring (bicyclic) bond motifs is 3. The van der Waals surface area contributed by atoms with Crippen LogP contribution in [-0.2, 0) is 33.9 Å². The molecule has 266 valence electrons. The Kier molecular flexibility index (Phi) is 13.3. The summed E-state index contributed by atoms with van der Waals surface area (Å²) in [5.41, 5.74) is 14.8. The minimum atomic E-state index is -0.907. The average molecular weight is 722 g/mol. The smallest absolute Gasteiger partial charge is 0.245 e. The summed E-state index contributed by atoms with van der Waals surface area (Å²) in [6.07, 6.45) is 4.66. The highest BCUT2D eigenvalue weighted by Crippen LogP contribution is 2.38. The zero-order valence-electron chi connectivity index (χ0n) is 28.1. The van der Waals surface area contributed by atoms with Crippen molar-refractivity contribution in [2.45, 2.75) is 79.5 Å². The second-order valence-corrected chi connectivity index (χ2v) is 14.0. The number of aromatic amines is 1. The first kappa shape index (κ1) is 37.3. The van der Waals surface area contributed by atoms with Crippen LogP contribution in [0.25, 0.3) is 10.9 Å². The van der Waals surface area contributed by atoms with Gasteiger partial charge in [0.05, 0.1) is 11.1 Å². The minimum Gasteiger partial charge on any atom is -0.361 e. The van der Waals surface area contributed by atoms with Gasteiger partial charge in [-0.05, 0) is 92.2 Å². The standard InChI is InChI=1S/C37H45ClFN7O3S/c1-46-32(19-24-21-42-29-11-3-2-9-27(24)29)36(48)44-20-23-8-6-10-28(38)34(23)50-33-15-14-26(39)18-25(33)22-43-30(13-7-17-41)35(47)45-31(37(46)49)12-4-5-16-40/h2-3,6,8-11,14-15,18,21,30-32,42-43H,4-5,7,12-13,16-17,19-20,22,40-41H2,1H3,(H,44,48)(H,45,47)/t30-,31-,32-/m0/s1. The topological polar surface area (TPSA) is 158 Å². The zero-order chi connectivity index (χ0) is 35.6. The number of nitrogens with zero attached hydrogens (tertiary/aromatic N) is 1. The Morgan fingerprint density at radius 3 is 2.48 bits per heavy atom. The Hall–Kier alpha value is -3.94. The van der Waals surface area contributed by atoms with Crippen molar-refractivity contribution in [2.24, 2.45) is 11.5 Å². The molecule has 0 fully saturated rings. The van der Waals surface area contributed by atoms with Crippen molar-refractivity contribution in [3.63, 3.8) is 0 Å². The summed E-state index contributed by atoms with van der Waals surface area (Å²) >= 11 is 8.10. The number of para-hydroxylation sites is 1. The molecule has 0 radical (unpaired) electrons. The molecule has 1 aliphatic heterocycles. The molecule has 5 rings (SSSR count). The fraction of sp³-hybridized carbons (Fsp3) is 0.378. The van der Waals surface area contributed by atoms with Crippen molar-refractivity contribution in [1.29, 1.82) is 0 Å². The van der Waals surface area contributed by atoms with Crippen LogP contribution in [0.4, 0.5) is 4.39 Å². The summed E-state index contributed by atoms with van der Waals surface area (Å²) in [4.78, 5) is 48.6. The van der Waals surface area contributed by atoms with Crippen LogP contribution in [0.15, 0.2) is 76.7 Å². The molecule has 50 heavy (non-hydrogen) atoms. The highest BCUT2D eigenvalue weighted by atomic mass is 35.5. The van der Waals surface area contributed by atoms with Crippen LogP contribution >= 0.6 is 23.4 Å².